The molecule has 0 bridgehead atoms. The highest BCUT2D eigenvalue weighted by atomic mass is 79.9. The second kappa shape index (κ2) is 5.00. The molecule has 0 N–H and O–H groups in total. The number of thiophene rings is 1. The molecule has 1 aromatic carbocycles. The highest BCUT2D eigenvalue weighted by molar-refractivity contribution is 9.10. The topological polar surface area (TPSA) is 0 Å². The molecule has 0 aliphatic rings. The normalized spacial score (nSPS) is 12.7. The molecule has 0 fully saturated rings. The quantitative estimate of drug-likeness (QED) is 0.603. The molecule has 2 aromatic rings. The lowest BCUT2D eigenvalue weighted by Crippen LogP contribution is -1.89. The third-order valence-electron chi connectivity index (χ3n) is 1.97. The van der Waals surface area contributed by atoms with Gasteiger partial charge in [0.1, 0.15) is 0 Å². The Hall–Kier alpha value is 0.170. The van der Waals surface area contributed by atoms with Gasteiger partial charge in [-0.25, -0.2) is 0 Å². The molecule has 0 saturated carbocycles. The Labute approximate surface area is 115 Å². The molecule has 1 atom stereocenters. The van der Waals surface area contributed by atoms with Crippen molar-refractivity contribution in [1.82, 2.24) is 0 Å². The molecule has 2 rings (SSSR count). The summed E-state index contributed by atoms with van der Waals surface area (Å²) >= 11 is 14.9. The lowest BCUT2D eigenvalue weighted by Gasteiger charge is -2.09. The van der Waals surface area contributed by atoms with Crippen molar-refractivity contribution in [2.24, 2.45) is 0 Å². The first kappa shape index (κ1) is 11.6. The molecule has 0 amide bonds. The summed E-state index contributed by atoms with van der Waals surface area (Å²) in [7, 11) is 0. The summed E-state index contributed by atoms with van der Waals surface area (Å²) in [6, 6.07) is 10.1. The second-order valence-corrected chi connectivity index (χ2v) is 6.33. The van der Waals surface area contributed by atoms with E-state index >= 15 is 0 Å². The van der Waals surface area contributed by atoms with Crippen LogP contribution in [0.2, 0.25) is 5.02 Å². The fraction of sp³-hybridized carbons (Fsp3) is 0.0909. The third kappa shape index (κ3) is 2.84. The Morgan fingerprint density at radius 3 is 2.67 bits per heavy atom. The van der Waals surface area contributed by atoms with Crippen LogP contribution >= 0.6 is 54.8 Å². The van der Waals surface area contributed by atoms with Gasteiger partial charge in [-0.2, -0.15) is 0 Å². The van der Waals surface area contributed by atoms with E-state index in [9.17, 15) is 0 Å². The van der Waals surface area contributed by atoms with Crippen LogP contribution in [0.5, 0.6) is 0 Å². The van der Waals surface area contributed by atoms with E-state index in [1.807, 2.05) is 18.2 Å². The smallest absolute Gasteiger partial charge is 0.0738 e. The van der Waals surface area contributed by atoms with Crippen LogP contribution in [0.1, 0.15) is 15.3 Å². The first-order valence-electron chi connectivity index (χ1n) is 4.30. The van der Waals surface area contributed by atoms with Crippen LogP contribution in [-0.4, -0.2) is 0 Å². The molecule has 15 heavy (non-hydrogen) atoms. The standard InChI is InChI=1S/C11H7Br2ClS/c12-8-4-7(5-9(14)6-8)11(13)10-2-1-3-15-10/h1-6,11H. The number of rotatable bonds is 2. The van der Waals surface area contributed by atoms with Crippen molar-refractivity contribution >= 4 is 54.8 Å². The van der Waals surface area contributed by atoms with Crippen LogP contribution in [0.4, 0.5) is 0 Å². The van der Waals surface area contributed by atoms with Crippen molar-refractivity contribution in [2.45, 2.75) is 4.83 Å². The first-order valence-corrected chi connectivity index (χ1v) is 7.27. The lowest BCUT2D eigenvalue weighted by molar-refractivity contribution is 1.22. The maximum atomic E-state index is 6.01. The molecular weight excluding hydrogens is 359 g/mol. The second-order valence-electron chi connectivity index (χ2n) is 3.08. The molecule has 78 valence electrons. The molecule has 0 saturated heterocycles. The molecule has 0 radical (unpaired) electrons. The predicted octanol–water partition coefficient (Wildman–Crippen LogP) is 5.65. The molecule has 1 heterocycles. The van der Waals surface area contributed by atoms with E-state index in [1.165, 1.54) is 4.88 Å². The highest BCUT2D eigenvalue weighted by Gasteiger charge is 2.12. The van der Waals surface area contributed by atoms with Crippen LogP contribution in [0, 0.1) is 0 Å². The Morgan fingerprint density at radius 2 is 2.07 bits per heavy atom. The maximum Gasteiger partial charge on any atom is 0.0738 e. The van der Waals surface area contributed by atoms with E-state index < -0.39 is 0 Å². The molecule has 0 nitrogen and oxygen atoms in total. The average Bonchev–Trinajstić information content (AvgIpc) is 2.67. The Balaban J connectivity index is 2.37. The van der Waals surface area contributed by atoms with Crippen molar-refractivity contribution in [3.8, 4) is 0 Å². The van der Waals surface area contributed by atoms with Gasteiger partial charge in [-0.1, -0.05) is 49.5 Å². The predicted molar refractivity (Wildman–Crippen MR) is 74.2 cm³/mol. The zero-order chi connectivity index (χ0) is 10.8. The van der Waals surface area contributed by atoms with E-state index in [1.54, 1.807) is 11.3 Å². The van der Waals surface area contributed by atoms with Crippen molar-refractivity contribution in [2.75, 3.05) is 0 Å². The van der Waals surface area contributed by atoms with E-state index in [0.29, 0.717) is 0 Å². The van der Waals surface area contributed by atoms with Crippen LogP contribution < -0.4 is 0 Å². The summed E-state index contributed by atoms with van der Waals surface area (Å²) in [5, 5.41) is 2.82. The van der Waals surface area contributed by atoms with Crippen molar-refractivity contribution in [3.05, 3.63) is 55.6 Å². The van der Waals surface area contributed by atoms with Gasteiger partial charge in [0.2, 0.25) is 0 Å². The van der Waals surface area contributed by atoms with Gasteiger partial charge in [-0.05, 0) is 35.2 Å². The molecule has 1 aromatic heterocycles. The van der Waals surface area contributed by atoms with Gasteiger partial charge in [0.05, 0.1) is 4.83 Å². The SMILES string of the molecule is Clc1cc(Br)cc(C(Br)c2cccs2)c1. The highest BCUT2D eigenvalue weighted by Crippen LogP contribution is 2.36. The van der Waals surface area contributed by atoms with E-state index in [-0.39, 0.29) is 4.83 Å². The zero-order valence-electron chi connectivity index (χ0n) is 7.58. The van der Waals surface area contributed by atoms with E-state index in [4.69, 9.17) is 11.6 Å². The van der Waals surface area contributed by atoms with Crippen LogP contribution in [-0.2, 0) is 0 Å². The number of alkyl halides is 1. The summed E-state index contributed by atoms with van der Waals surface area (Å²) in [5.41, 5.74) is 1.16. The number of benzene rings is 1. The summed E-state index contributed by atoms with van der Waals surface area (Å²) in [6.45, 7) is 0. The minimum Gasteiger partial charge on any atom is -0.147 e. The van der Waals surface area contributed by atoms with Crippen molar-refractivity contribution in [3.63, 3.8) is 0 Å². The maximum absolute atomic E-state index is 6.01. The lowest BCUT2D eigenvalue weighted by atomic mass is 10.1. The zero-order valence-corrected chi connectivity index (χ0v) is 12.3. The number of hydrogen-bond donors (Lipinski definition) is 0. The minimum atomic E-state index is 0.215. The molecule has 4 heteroatoms. The minimum absolute atomic E-state index is 0.215. The number of hydrogen-bond acceptors (Lipinski definition) is 1. The molecule has 0 aliphatic heterocycles. The summed E-state index contributed by atoms with van der Waals surface area (Å²) in [5.74, 6) is 0. The number of halogens is 3. The Kier molecular flexibility index (Phi) is 3.88. The Morgan fingerprint density at radius 1 is 1.27 bits per heavy atom. The summed E-state index contributed by atoms with van der Waals surface area (Å²) in [4.78, 5) is 1.50. The summed E-state index contributed by atoms with van der Waals surface area (Å²) < 4.78 is 1.01. The summed E-state index contributed by atoms with van der Waals surface area (Å²) in [6.07, 6.45) is 0. The van der Waals surface area contributed by atoms with E-state index in [2.05, 4.69) is 49.4 Å². The van der Waals surface area contributed by atoms with Gasteiger partial charge in [-0.15, -0.1) is 11.3 Å². The van der Waals surface area contributed by atoms with Crippen molar-refractivity contribution < 1.29 is 0 Å². The van der Waals surface area contributed by atoms with Gasteiger partial charge in [0, 0.05) is 14.4 Å². The largest absolute Gasteiger partial charge is 0.147 e. The molecular formula is C11H7Br2ClS. The van der Waals surface area contributed by atoms with Crippen molar-refractivity contribution in [1.29, 1.82) is 0 Å². The van der Waals surface area contributed by atoms with Gasteiger partial charge < -0.3 is 0 Å². The molecule has 0 spiro atoms. The van der Waals surface area contributed by atoms with E-state index in [0.717, 1.165) is 15.1 Å². The first-order chi connectivity index (χ1) is 7.16. The van der Waals surface area contributed by atoms with Gasteiger partial charge in [0.15, 0.2) is 0 Å². The fourth-order valence-electron chi connectivity index (χ4n) is 1.32. The average molecular weight is 367 g/mol. The van der Waals surface area contributed by atoms with Crippen LogP contribution in [0.25, 0.3) is 0 Å². The molecule has 1 unspecified atom stereocenters. The van der Waals surface area contributed by atoms with Gasteiger partial charge in [0.25, 0.3) is 0 Å². The fourth-order valence-corrected chi connectivity index (χ4v) is 3.68. The van der Waals surface area contributed by atoms with Gasteiger partial charge >= 0.3 is 0 Å². The molecule has 0 aliphatic carbocycles. The van der Waals surface area contributed by atoms with Crippen LogP contribution in [0.15, 0.2) is 40.2 Å². The Bertz CT molecular complexity index is 433. The van der Waals surface area contributed by atoms with Crippen LogP contribution in [0.3, 0.4) is 0 Å². The monoisotopic (exact) mass is 364 g/mol. The third-order valence-corrected chi connectivity index (χ3v) is 4.91. The van der Waals surface area contributed by atoms with Gasteiger partial charge in [-0.3, -0.25) is 0 Å².